The second-order valence-corrected chi connectivity index (χ2v) is 4.61. The zero-order chi connectivity index (χ0) is 13.4. The van der Waals surface area contributed by atoms with Crippen molar-refractivity contribution in [2.24, 2.45) is 0 Å². The van der Waals surface area contributed by atoms with E-state index in [4.69, 9.17) is 10.5 Å². The van der Waals surface area contributed by atoms with Crippen LogP contribution in [0.5, 0.6) is 5.75 Å². The van der Waals surface area contributed by atoms with Gasteiger partial charge in [-0.25, -0.2) is 0 Å². The molecular weight excluding hydrogens is 224 g/mol. The van der Waals surface area contributed by atoms with Gasteiger partial charge >= 0.3 is 0 Å². The van der Waals surface area contributed by atoms with Gasteiger partial charge in [-0.2, -0.15) is 0 Å². The molecule has 1 aromatic carbocycles. The second-order valence-electron chi connectivity index (χ2n) is 4.61. The fourth-order valence-electron chi connectivity index (χ4n) is 2.04. The average Bonchev–Trinajstić information content (AvgIpc) is 2.39. The molecule has 0 radical (unpaired) electrons. The van der Waals surface area contributed by atoms with E-state index in [1.165, 1.54) is 24.9 Å². The van der Waals surface area contributed by atoms with E-state index in [1.54, 1.807) is 7.11 Å². The quantitative estimate of drug-likeness (QED) is 0.721. The lowest BCUT2D eigenvalue weighted by molar-refractivity contribution is 0.287. The summed E-state index contributed by atoms with van der Waals surface area (Å²) >= 11 is 0. The predicted octanol–water partition coefficient (Wildman–Crippen LogP) is 2.94. The summed E-state index contributed by atoms with van der Waals surface area (Å²) < 4.78 is 5.16. The monoisotopic (exact) mass is 250 g/mol. The maximum Gasteiger partial charge on any atom is 0.141 e. The summed E-state index contributed by atoms with van der Waals surface area (Å²) in [5.74, 6) is 0.761. The van der Waals surface area contributed by atoms with Crippen molar-refractivity contribution >= 4 is 5.69 Å². The van der Waals surface area contributed by atoms with Gasteiger partial charge < -0.3 is 15.4 Å². The second kappa shape index (κ2) is 7.98. The van der Waals surface area contributed by atoms with Crippen molar-refractivity contribution in [1.29, 1.82) is 0 Å². The summed E-state index contributed by atoms with van der Waals surface area (Å²) in [6.07, 6.45) is 3.58. The third-order valence-electron chi connectivity index (χ3n) is 3.29. The minimum Gasteiger partial charge on any atom is -0.495 e. The Morgan fingerprint density at radius 3 is 2.56 bits per heavy atom. The molecule has 1 rings (SSSR count). The Morgan fingerprint density at radius 1 is 1.22 bits per heavy atom. The van der Waals surface area contributed by atoms with E-state index in [0.717, 1.165) is 30.9 Å². The molecule has 0 fully saturated rings. The number of hydrogen-bond acceptors (Lipinski definition) is 3. The smallest absolute Gasteiger partial charge is 0.141 e. The summed E-state index contributed by atoms with van der Waals surface area (Å²) in [5.41, 5.74) is 7.92. The standard InChI is InChI=1S/C15H26N2O/c1-4-6-10-17(5-2)11-9-13-7-8-15(18-3)14(16)12-13/h7-8,12H,4-6,9-11,16H2,1-3H3. The summed E-state index contributed by atoms with van der Waals surface area (Å²) in [7, 11) is 1.65. The van der Waals surface area contributed by atoms with Crippen LogP contribution in [-0.4, -0.2) is 31.6 Å². The number of nitrogens with zero attached hydrogens (tertiary/aromatic N) is 1. The fourth-order valence-corrected chi connectivity index (χ4v) is 2.04. The average molecular weight is 250 g/mol. The lowest BCUT2D eigenvalue weighted by atomic mass is 10.1. The SMILES string of the molecule is CCCCN(CC)CCc1ccc(OC)c(N)c1. The number of nitrogen functional groups attached to an aromatic ring is 1. The first-order chi connectivity index (χ1) is 8.71. The molecule has 0 saturated carbocycles. The molecule has 0 aliphatic rings. The largest absolute Gasteiger partial charge is 0.495 e. The van der Waals surface area contributed by atoms with Crippen molar-refractivity contribution in [1.82, 2.24) is 4.90 Å². The highest BCUT2D eigenvalue weighted by molar-refractivity contribution is 5.54. The Balaban J connectivity index is 2.49. The molecule has 2 N–H and O–H groups in total. The summed E-state index contributed by atoms with van der Waals surface area (Å²) in [6, 6.07) is 6.07. The van der Waals surface area contributed by atoms with E-state index in [-0.39, 0.29) is 0 Å². The van der Waals surface area contributed by atoms with Gasteiger partial charge in [-0.15, -0.1) is 0 Å². The van der Waals surface area contributed by atoms with Crippen molar-refractivity contribution in [2.75, 3.05) is 32.5 Å². The van der Waals surface area contributed by atoms with Crippen molar-refractivity contribution < 1.29 is 4.74 Å². The molecule has 0 aliphatic heterocycles. The molecule has 1 aromatic rings. The number of benzene rings is 1. The number of unbranched alkanes of at least 4 members (excludes halogenated alkanes) is 1. The number of ether oxygens (including phenoxy) is 1. The molecule has 102 valence electrons. The van der Waals surface area contributed by atoms with Crippen molar-refractivity contribution in [3.63, 3.8) is 0 Å². The minimum atomic E-state index is 0.728. The van der Waals surface area contributed by atoms with Crippen LogP contribution < -0.4 is 10.5 Å². The van der Waals surface area contributed by atoms with Crippen LogP contribution in [0.4, 0.5) is 5.69 Å². The Kier molecular flexibility index (Phi) is 6.58. The molecule has 18 heavy (non-hydrogen) atoms. The zero-order valence-electron chi connectivity index (χ0n) is 11.9. The van der Waals surface area contributed by atoms with Gasteiger partial charge in [0.15, 0.2) is 0 Å². The highest BCUT2D eigenvalue weighted by atomic mass is 16.5. The van der Waals surface area contributed by atoms with Gasteiger partial charge in [-0.3, -0.25) is 0 Å². The maximum atomic E-state index is 5.91. The van der Waals surface area contributed by atoms with E-state index in [0.29, 0.717) is 0 Å². The Morgan fingerprint density at radius 2 is 2.00 bits per heavy atom. The molecule has 0 heterocycles. The van der Waals surface area contributed by atoms with E-state index < -0.39 is 0 Å². The first-order valence-electron chi connectivity index (χ1n) is 6.86. The maximum absolute atomic E-state index is 5.91. The lowest BCUT2D eigenvalue weighted by Crippen LogP contribution is -2.26. The first-order valence-corrected chi connectivity index (χ1v) is 6.86. The van der Waals surface area contributed by atoms with Crippen molar-refractivity contribution in [3.8, 4) is 5.75 Å². The Hall–Kier alpha value is -1.22. The summed E-state index contributed by atoms with van der Waals surface area (Å²) in [5, 5.41) is 0. The van der Waals surface area contributed by atoms with Crippen LogP contribution in [0.25, 0.3) is 0 Å². The van der Waals surface area contributed by atoms with Crippen LogP contribution in [-0.2, 0) is 6.42 Å². The van der Waals surface area contributed by atoms with Crippen molar-refractivity contribution in [2.45, 2.75) is 33.1 Å². The normalized spacial score (nSPS) is 10.9. The van der Waals surface area contributed by atoms with E-state index in [2.05, 4.69) is 24.8 Å². The molecule has 0 aliphatic carbocycles. The number of anilines is 1. The van der Waals surface area contributed by atoms with Crippen molar-refractivity contribution in [3.05, 3.63) is 23.8 Å². The zero-order valence-corrected chi connectivity index (χ0v) is 11.9. The number of rotatable bonds is 8. The van der Waals surface area contributed by atoms with E-state index >= 15 is 0 Å². The minimum absolute atomic E-state index is 0.728. The van der Waals surface area contributed by atoms with Gasteiger partial charge in [-0.1, -0.05) is 26.3 Å². The van der Waals surface area contributed by atoms with Crippen LogP contribution in [0.2, 0.25) is 0 Å². The number of methoxy groups -OCH3 is 1. The highest BCUT2D eigenvalue weighted by Gasteiger charge is 2.04. The fraction of sp³-hybridized carbons (Fsp3) is 0.600. The first kappa shape index (κ1) is 14.8. The lowest BCUT2D eigenvalue weighted by Gasteiger charge is -2.20. The van der Waals surface area contributed by atoms with Crippen LogP contribution >= 0.6 is 0 Å². The topological polar surface area (TPSA) is 38.5 Å². The summed E-state index contributed by atoms with van der Waals surface area (Å²) in [4.78, 5) is 2.49. The van der Waals surface area contributed by atoms with E-state index in [9.17, 15) is 0 Å². The van der Waals surface area contributed by atoms with Gasteiger partial charge in [0.2, 0.25) is 0 Å². The third kappa shape index (κ3) is 4.57. The highest BCUT2D eigenvalue weighted by Crippen LogP contribution is 2.22. The molecule has 3 heteroatoms. The molecular formula is C15H26N2O. The van der Waals surface area contributed by atoms with Gasteiger partial charge in [0.25, 0.3) is 0 Å². The molecule has 0 unspecified atom stereocenters. The van der Waals surface area contributed by atoms with Crippen LogP contribution in [0.15, 0.2) is 18.2 Å². The van der Waals surface area contributed by atoms with Crippen LogP contribution in [0.1, 0.15) is 32.3 Å². The van der Waals surface area contributed by atoms with Gasteiger partial charge in [-0.05, 0) is 43.6 Å². The molecule has 0 atom stereocenters. The van der Waals surface area contributed by atoms with Gasteiger partial charge in [0.05, 0.1) is 12.8 Å². The molecule has 0 bridgehead atoms. The number of nitrogens with two attached hydrogens (primary N) is 1. The van der Waals surface area contributed by atoms with E-state index in [1.807, 2.05) is 12.1 Å². The Bertz CT molecular complexity index is 352. The van der Waals surface area contributed by atoms with Gasteiger partial charge in [0, 0.05) is 6.54 Å². The Labute approximate surface area is 111 Å². The molecule has 0 spiro atoms. The molecule has 0 amide bonds. The third-order valence-corrected chi connectivity index (χ3v) is 3.29. The van der Waals surface area contributed by atoms with Gasteiger partial charge in [0.1, 0.15) is 5.75 Å². The molecule has 0 aromatic heterocycles. The predicted molar refractivity (Wildman–Crippen MR) is 78.1 cm³/mol. The number of hydrogen-bond donors (Lipinski definition) is 1. The van der Waals surface area contributed by atoms with Crippen LogP contribution in [0.3, 0.4) is 0 Å². The number of likely N-dealkylation sites (N-methyl/N-ethyl adjacent to an activating group) is 1. The van der Waals surface area contributed by atoms with Crippen LogP contribution in [0, 0.1) is 0 Å². The molecule has 3 nitrogen and oxygen atoms in total. The molecule has 0 saturated heterocycles. The summed E-state index contributed by atoms with van der Waals surface area (Å²) in [6.45, 7) is 7.86.